The number of hydrazone groups is 1. The van der Waals surface area contributed by atoms with E-state index in [-0.39, 0.29) is 10.8 Å². The maximum atomic E-state index is 13.4. The lowest BCUT2D eigenvalue weighted by atomic mass is 10.0. The quantitative estimate of drug-likeness (QED) is 0.669. The normalized spacial score (nSPS) is 16.4. The highest BCUT2D eigenvalue weighted by atomic mass is 32.2. The Morgan fingerprint density at radius 2 is 1.90 bits per heavy atom. The maximum Gasteiger partial charge on any atom is 0.279 e. The molecule has 154 valence electrons. The fourth-order valence-electron chi connectivity index (χ4n) is 3.38. The van der Waals surface area contributed by atoms with Crippen LogP contribution in [0.3, 0.4) is 0 Å². The van der Waals surface area contributed by atoms with Gasteiger partial charge in [0.25, 0.3) is 10.0 Å². The Balaban J connectivity index is 1.75. The molecule has 2 aromatic carbocycles. The summed E-state index contributed by atoms with van der Waals surface area (Å²) in [6, 6.07) is 16.7. The Kier molecular flexibility index (Phi) is 5.17. The average molecular weight is 423 g/mol. The summed E-state index contributed by atoms with van der Waals surface area (Å²) in [5.41, 5.74) is 2.92. The van der Waals surface area contributed by atoms with E-state index in [0.29, 0.717) is 23.6 Å². The summed E-state index contributed by atoms with van der Waals surface area (Å²) in [6.45, 7) is 3.33. The second kappa shape index (κ2) is 7.79. The largest absolute Gasteiger partial charge is 0.467 e. The van der Waals surface area contributed by atoms with Crippen LogP contribution in [0, 0.1) is 6.92 Å². The van der Waals surface area contributed by atoms with E-state index in [9.17, 15) is 13.2 Å². The van der Waals surface area contributed by atoms with Crippen molar-refractivity contribution in [2.45, 2.75) is 31.2 Å². The summed E-state index contributed by atoms with van der Waals surface area (Å²) in [6.07, 6.45) is 1.86. The molecular weight excluding hydrogens is 402 g/mol. The number of carbonyl (C=O) groups excluding carboxylic acids is 1. The van der Waals surface area contributed by atoms with Crippen molar-refractivity contribution in [1.82, 2.24) is 4.41 Å². The summed E-state index contributed by atoms with van der Waals surface area (Å²) in [5, 5.41) is 7.21. The van der Waals surface area contributed by atoms with Gasteiger partial charge in [0.05, 0.1) is 16.9 Å². The standard InChI is InChI=1S/C22H21N3O4S/c1-15-8-10-19(11-9-15)30(27,28)25-21(22-7-4-12-29-22)14-20(24-25)17-5-3-6-18(13-17)23-16(2)26/h3-13,21H,14H2,1-2H3,(H,23,26)/t21-/m1/s1. The van der Waals surface area contributed by atoms with Gasteiger partial charge in [-0.05, 0) is 48.9 Å². The van der Waals surface area contributed by atoms with Crippen LogP contribution in [0.2, 0.25) is 0 Å². The van der Waals surface area contributed by atoms with Gasteiger partial charge in [-0.25, -0.2) is 0 Å². The highest BCUT2D eigenvalue weighted by Gasteiger charge is 2.39. The smallest absolute Gasteiger partial charge is 0.279 e. The van der Waals surface area contributed by atoms with E-state index in [1.807, 2.05) is 13.0 Å². The number of sulfonamides is 1. The van der Waals surface area contributed by atoms with Crippen molar-refractivity contribution in [3.63, 3.8) is 0 Å². The van der Waals surface area contributed by atoms with Gasteiger partial charge in [-0.15, -0.1) is 0 Å². The zero-order valence-electron chi connectivity index (χ0n) is 16.6. The third kappa shape index (κ3) is 3.86. The topological polar surface area (TPSA) is 92.0 Å². The predicted octanol–water partition coefficient (Wildman–Crippen LogP) is 4.09. The SMILES string of the molecule is CC(=O)Nc1cccc(C2=NN(S(=O)(=O)c3ccc(C)cc3)[C@@H](c3ccco3)C2)c1. The highest BCUT2D eigenvalue weighted by Crippen LogP contribution is 2.37. The summed E-state index contributed by atoms with van der Waals surface area (Å²) in [5.74, 6) is 0.333. The second-order valence-electron chi connectivity index (χ2n) is 7.13. The second-order valence-corrected chi connectivity index (χ2v) is 8.93. The monoisotopic (exact) mass is 423 g/mol. The maximum absolute atomic E-state index is 13.4. The van der Waals surface area contributed by atoms with Crippen LogP contribution in [0.5, 0.6) is 0 Å². The molecule has 1 aliphatic rings. The molecule has 0 radical (unpaired) electrons. The van der Waals surface area contributed by atoms with Crippen LogP contribution in [0.25, 0.3) is 0 Å². The number of anilines is 1. The van der Waals surface area contributed by atoms with E-state index >= 15 is 0 Å². The molecule has 0 saturated heterocycles. The molecule has 2 heterocycles. The van der Waals surface area contributed by atoms with Gasteiger partial charge in [0, 0.05) is 19.0 Å². The summed E-state index contributed by atoms with van der Waals surface area (Å²) < 4.78 is 33.4. The molecule has 7 nitrogen and oxygen atoms in total. The number of carbonyl (C=O) groups is 1. The number of rotatable bonds is 5. The summed E-state index contributed by atoms with van der Waals surface area (Å²) in [4.78, 5) is 11.5. The number of hydrogen-bond donors (Lipinski definition) is 1. The van der Waals surface area contributed by atoms with Gasteiger partial charge < -0.3 is 9.73 Å². The first kappa shape index (κ1) is 19.9. The molecule has 3 aromatic rings. The number of furan rings is 1. The minimum atomic E-state index is -3.88. The summed E-state index contributed by atoms with van der Waals surface area (Å²) >= 11 is 0. The minimum absolute atomic E-state index is 0.168. The molecule has 0 spiro atoms. The highest BCUT2D eigenvalue weighted by molar-refractivity contribution is 7.89. The van der Waals surface area contributed by atoms with Crippen molar-refractivity contribution in [3.8, 4) is 0 Å². The van der Waals surface area contributed by atoms with Crippen LogP contribution in [-0.4, -0.2) is 24.5 Å². The van der Waals surface area contributed by atoms with E-state index < -0.39 is 16.1 Å². The third-order valence-corrected chi connectivity index (χ3v) is 6.52. The lowest BCUT2D eigenvalue weighted by Gasteiger charge is -2.21. The minimum Gasteiger partial charge on any atom is -0.467 e. The fraction of sp³-hybridized carbons (Fsp3) is 0.182. The zero-order valence-corrected chi connectivity index (χ0v) is 17.4. The number of benzene rings is 2. The number of nitrogens with one attached hydrogen (secondary N) is 1. The first-order valence-electron chi connectivity index (χ1n) is 9.44. The lowest BCUT2D eigenvalue weighted by Crippen LogP contribution is -2.27. The van der Waals surface area contributed by atoms with E-state index in [1.54, 1.807) is 54.6 Å². The Morgan fingerprint density at radius 1 is 1.13 bits per heavy atom. The van der Waals surface area contributed by atoms with Gasteiger partial charge in [0.1, 0.15) is 11.8 Å². The zero-order chi connectivity index (χ0) is 21.3. The number of hydrogen-bond acceptors (Lipinski definition) is 5. The van der Waals surface area contributed by atoms with Crippen molar-refractivity contribution in [1.29, 1.82) is 0 Å². The van der Waals surface area contributed by atoms with Crippen LogP contribution < -0.4 is 5.32 Å². The molecule has 1 aliphatic heterocycles. The molecular formula is C22H21N3O4S. The lowest BCUT2D eigenvalue weighted by molar-refractivity contribution is -0.114. The first-order chi connectivity index (χ1) is 14.3. The van der Waals surface area contributed by atoms with Crippen molar-refractivity contribution < 1.29 is 17.6 Å². The molecule has 1 aromatic heterocycles. The Morgan fingerprint density at radius 3 is 2.57 bits per heavy atom. The van der Waals surface area contributed by atoms with Crippen LogP contribution in [-0.2, 0) is 14.8 Å². The van der Waals surface area contributed by atoms with Crippen molar-refractivity contribution >= 4 is 27.3 Å². The fourth-order valence-corrected chi connectivity index (χ4v) is 4.79. The van der Waals surface area contributed by atoms with Crippen LogP contribution in [0.1, 0.15) is 36.3 Å². The van der Waals surface area contributed by atoms with Gasteiger partial charge in [-0.3, -0.25) is 4.79 Å². The Bertz CT molecular complexity index is 1200. The van der Waals surface area contributed by atoms with E-state index in [1.165, 1.54) is 13.2 Å². The van der Waals surface area contributed by atoms with Crippen molar-refractivity contribution in [3.05, 3.63) is 83.8 Å². The molecule has 0 unspecified atom stereocenters. The summed E-state index contributed by atoms with van der Waals surface area (Å²) in [7, 11) is -3.88. The average Bonchev–Trinajstić information content (AvgIpc) is 3.38. The predicted molar refractivity (Wildman–Crippen MR) is 114 cm³/mol. The van der Waals surface area contributed by atoms with Gasteiger partial charge >= 0.3 is 0 Å². The van der Waals surface area contributed by atoms with Gasteiger partial charge in [0.2, 0.25) is 5.91 Å². The Labute approximate surface area is 175 Å². The molecule has 0 saturated carbocycles. The molecule has 8 heteroatoms. The molecule has 30 heavy (non-hydrogen) atoms. The van der Waals surface area contributed by atoms with Gasteiger partial charge in [-0.1, -0.05) is 29.8 Å². The number of amides is 1. The molecule has 1 atom stereocenters. The van der Waals surface area contributed by atoms with E-state index in [2.05, 4.69) is 10.4 Å². The van der Waals surface area contributed by atoms with Crippen LogP contribution in [0.15, 0.2) is 81.3 Å². The van der Waals surface area contributed by atoms with Crippen molar-refractivity contribution in [2.24, 2.45) is 5.10 Å². The number of nitrogens with zero attached hydrogens (tertiary/aromatic N) is 2. The third-order valence-electron chi connectivity index (χ3n) is 4.83. The molecule has 0 aliphatic carbocycles. The van der Waals surface area contributed by atoms with Gasteiger partial charge in [-0.2, -0.15) is 17.9 Å². The Hall–Kier alpha value is -3.39. The van der Waals surface area contributed by atoms with Crippen LogP contribution in [0.4, 0.5) is 5.69 Å². The molecule has 1 N–H and O–H groups in total. The molecule has 1 amide bonds. The van der Waals surface area contributed by atoms with E-state index in [4.69, 9.17) is 4.42 Å². The first-order valence-corrected chi connectivity index (χ1v) is 10.9. The number of aryl methyl sites for hydroxylation is 1. The molecule has 0 fully saturated rings. The molecule has 4 rings (SSSR count). The van der Waals surface area contributed by atoms with Crippen LogP contribution >= 0.6 is 0 Å². The molecule has 0 bridgehead atoms. The van der Waals surface area contributed by atoms with Gasteiger partial charge in [0.15, 0.2) is 0 Å². The van der Waals surface area contributed by atoms with Crippen molar-refractivity contribution in [2.75, 3.05) is 5.32 Å². The van der Waals surface area contributed by atoms with E-state index in [0.717, 1.165) is 15.5 Å².